The lowest BCUT2D eigenvalue weighted by molar-refractivity contribution is 0.0593. The van der Waals surface area contributed by atoms with Gasteiger partial charge in [0.05, 0.1) is 7.11 Å². The first-order chi connectivity index (χ1) is 6.81. The zero-order valence-electron chi connectivity index (χ0n) is 7.86. The first kappa shape index (κ1) is 9.61. The summed E-state index contributed by atoms with van der Waals surface area (Å²) in [7, 11) is 1.35. The largest absolute Gasteiger partial charge is 0.464 e. The van der Waals surface area contributed by atoms with E-state index in [1.165, 1.54) is 18.4 Å². The highest BCUT2D eigenvalue weighted by molar-refractivity contribution is 7.09. The molecule has 1 aliphatic heterocycles. The van der Waals surface area contributed by atoms with Crippen molar-refractivity contribution in [2.24, 2.45) is 0 Å². The van der Waals surface area contributed by atoms with Gasteiger partial charge in [-0.1, -0.05) is 0 Å². The molecular formula is C9H11NO3S. The Morgan fingerprint density at radius 2 is 2.64 bits per heavy atom. The van der Waals surface area contributed by atoms with E-state index in [9.17, 15) is 4.79 Å². The van der Waals surface area contributed by atoms with Crippen molar-refractivity contribution in [1.29, 1.82) is 0 Å². The summed E-state index contributed by atoms with van der Waals surface area (Å²) in [5, 5.41) is 2.59. The summed E-state index contributed by atoms with van der Waals surface area (Å²) >= 11 is 1.45. The normalized spacial score (nSPS) is 21.1. The van der Waals surface area contributed by atoms with E-state index in [1.54, 1.807) is 5.38 Å². The van der Waals surface area contributed by atoms with E-state index in [1.807, 2.05) is 0 Å². The van der Waals surface area contributed by atoms with Crippen LogP contribution in [0.4, 0.5) is 0 Å². The molecule has 76 valence electrons. The number of nitrogens with zero attached hydrogens (tertiary/aromatic N) is 1. The molecule has 4 nitrogen and oxygen atoms in total. The predicted molar refractivity (Wildman–Crippen MR) is 51.4 cm³/mol. The van der Waals surface area contributed by atoms with Gasteiger partial charge in [-0.3, -0.25) is 0 Å². The van der Waals surface area contributed by atoms with E-state index in [4.69, 9.17) is 4.74 Å². The van der Waals surface area contributed by atoms with Crippen LogP contribution in [0.15, 0.2) is 5.38 Å². The average Bonchev–Trinajstić information content (AvgIpc) is 2.86. The van der Waals surface area contributed by atoms with Crippen LogP contribution in [0.2, 0.25) is 0 Å². The van der Waals surface area contributed by atoms with Crippen molar-refractivity contribution in [1.82, 2.24) is 4.98 Å². The zero-order chi connectivity index (χ0) is 9.97. The van der Waals surface area contributed by atoms with Gasteiger partial charge in [0.1, 0.15) is 11.1 Å². The lowest BCUT2D eigenvalue weighted by Gasteiger charge is -2.03. The molecule has 1 aromatic rings. The molecule has 1 aliphatic rings. The molecule has 0 bridgehead atoms. The van der Waals surface area contributed by atoms with Crippen LogP contribution in [0, 0.1) is 0 Å². The Morgan fingerprint density at radius 3 is 3.29 bits per heavy atom. The quantitative estimate of drug-likeness (QED) is 0.703. The van der Waals surface area contributed by atoms with E-state index >= 15 is 0 Å². The van der Waals surface area contributed by atoms with Gasteiger partial charge in [-0.2, -0.15) is 0 Å². The Hall–Kier alpha value is -0.940. The summed E-state index contributed by atoms with van der Waals surface area (Å²) in [4.78, 5) is 15.3. The number of esters is 1. The minimum Gasteiger partial charge on any atom is -0.464 e. The predicted octanol–water partition coefficient (Wildman–Crippen LogP) is 1.78. The van der Waals surface area contributed by atoms with Crippen molar-refractivity contribution in [3.8, 4) is 0 Å². The summed E-state index contributed by atoms with van der Waals surface area (Å²) in [5.41, 5.74) is 0.378. The van der Waals surface area contributed by atoms with Gasteiger partial charge >= 0.3 is 5.97 Å². The molecular weight excluding hydrogens is 202 g/mol. The fourth-order valence-electron chi connectivity index (χ4n) is 1.41. The number of carbonyl (C=O) groups is 1. The van der Waals surface area contributed by atoms with Crippen LogP contribution in [-0.2, 0) is 9.47 Å². The van der Waals surface area contributed by atoms with Crippen LogP contribution in [-0.4, -0.2) is 24.7 Å². The van der Waals surface area contributed by atoms with Gasteiger partial charge in [0.2, 0.25) is 0 Å². The number of thiazole rings is 1. The van der Waals surface area contributed by atoms with Gasteiger partial charge in [-0.05, 0) is 12.8 Å². The maximum atomic E-state index is 11.1. The smallest absolute Gasteiger partial charge is 0.357 e. The molecule has 1 atom stereocenters. The number of rotatable bonds is 2. The Bertz CT molecular complexity index is 331. The summed E-state index contributed by atoms with van der Waals surface area (Å²) < 4.78 is 10.0. The van der Waals surface area contributed by atoms with E-state index in [0.717, 1.165) is 24.5 Å². The van der Waals surface area contributed by atoms with Gasteiger partial charge in [-0.25, -0.2) is 9.78 Å². The number of hydrogen-bond donors (Lipinski definition) is 0. The van der Waals surface area contributed by atoms with E-state index in [2.05, 4.69) is 9.72 Å². The third-order valence-electron chi connectivity index (χ3n) is 2.12. The molecule has 0 N–H and O–H groups in total. The molecule has 0 aromatic carbocycles. The van der Waals surface area contributed by atoms with Crippen molar-refractivity contribution in [3.63, 3.8) is 0 Å². The van der Waals surface area contributed by atoms with Crippen molar-refractivity contribution < 1.29 is 14.3 Å². The first-order valence-electron chi connectivity index (χ1n) is 4.46. The second-order valence-electron chi connectivity index (χ2n) is 3.06. The van der Waals surface area contributed by atoms with Gasteiger partial charge < -0.3 is 9.47 Å². The number of ether oxygens (including phenoxy) is 2. The lowest BCUT2D eigenvalue weighted by Crippen LogP contribution is -2.02. The second-order valence-corrected chi connectivity index (χ2v) is 3.95. The molecule has 14 heavy (non-hydrogen) atoms. The Kier molecular flexibility index (Phi) is 2.79. The lowest BCUT2D eigenvalue weighted by atomic mass is 10.2. The van der Waals surface area contributed by atoms with Crippen molar-refractivity contribution in [2.45, 2.75) is 18.9 Å². The van der Waals surface area contributed by atoms with Gasteiger partial charge in [0, 0.05) is 12.0 Å². The number of methoxy groups -OCH3 is 1. The molecule has 0 amide bonds. The minimum absolute atomic E-state index is 0.0819. The summed E-state index contributed by atoms with van der Waals surface area (Å²) in [6, 6.07) is 0. The highest BCUT2D eigenvalue weighted by Crippen LogP contribution is 2.30. The van der Waals surface area contributed by atoms with Crippen molar-refractivity contribution in [2.75, 3.05) is 13.7 Å². The molecule has 2 rings (SSSR count). The zero-order valence-corrected chi connectivity index (χ0v) is 8.67. The molecule has 5 heteroatoms. The Labute approximate surface area is 85.9 Å². The first-order valence-corrected chi connectivity index (χ1v) is 5.34. The van der Waals surface area contributed by atoms with Gasteiger partial charge in [0.15, 0.2) is 5.69 Å². The molecule has 1 fully saturated rings. The SMILES string of the molecule is COC(=O)c1csc(C2CCCO2)n1. The molecule has 0 radical (unpaired) electrons. The van der Waals surface area contributed by atoms with Crippen LogP contribution >= 0.6 is 11.3 Å². The van der Waals surface area contributed by atoms with Gasteiger partial charge in [-0.15, -0.1) is 11.3 Å². The fraction of sp³-hybridized carbons (Fsp3) is 0.556. The minimum atomic E-state index is -0.384. The topological polar surface area (TPSA) is 48.4 Å². The monoisotopic (exact) mass is 213 g/mol. The second kappa shape index (κ2) is 4.06. The highest BCUT2D eigenvalue weighted by atomic mass is 32.1. The molecule has 1 unspecified atom stereocenters. The average molecular weight is 213 g/mol. The number of aromatic nitrogens is 1. The maximum Gasteiger partial charge on any atom is 0.357 e. The third kappa shape index (κ3) is 1.78. The fourth-order valence-corrected chi connectivity index (χ4v) is 2.28. The van der Waals surface area contributed by atoms with Crippen LogP contribution in [0.5, 0.6) is 0 Å². The molecule has 1 aromatic heterocycles. The molecule has 0 spiro atoms. The Morgan fingerprint density at radius 1 is 1.79 bits per heavy atom. The summed E-state index contributed by atoms with van der Waals surface area (Å²) in [5.74, 6) is -0.384. The number of hydrogen-bond acceptors (Lipinski definition) is 5. The van der Waals surface area contributed by atoms with E-state index in [0.29, 0.717) is 5.69 Å². The van der Waals surface area contributed by atoms with Gasteiger partial charge in [0.25, 0.3) is 0 Å². The molecule has 1 saturated heterocycles. The van der Waals surface area contributed by atoms with E-state index in [-0.39, 0.29) is 12.1 Å². The molecule has 0 aliphatic carbocycles. The maximum absolute atomic E-state index is 11.1. The standard InChI is InChI=1S/C9H11NO3S/c1-12-9(11)6-5-14-8(10-6)7-3-2-4-13-7/h5,7H,2-4H2,1H3. The Balaban J connectivity index is 2.12. The number of carbonyl (C=O) groups excluding carboxylic acids is 1. The van der Waals surface area contributed by atoms with Crippen LogP contribution < -0.4 is 0 Å². The summed E-state index contributed by atoms with van der Waals surface area (Å²) in [6.07, 6.45) is 2.14. The van der Waals surface area contributed by atoms with Crippen LogP contribution in [0.3, 0.4) is 0 Å². The summed E-state index contributed by atoms with van der Waals surface area (Å²) in [6.45, 7) is 0.789. The molecule has 0 saturated carbocycles. The van der Waals surface area contributed by atoms with Crippen molar-refractivity contribution >= 4 is 17.3 Å². The third-order valence-corrected chi connectivity index (χ3v) is 3.06. The van der Waals surface area contributed by atoms with Crippen molar-refractivity contribution in [3.05, 3.63) is 16.1 Å². The van der Waals surface area contributed by atoms with Crippen LogP contribution in [0.25, 0.3) is 0 Å². The highest BCUT2D eigenvalue weighted by Gasteiger charge is 2.22. The molecule has 2 heterocycles. The van der Waals surface area contributed by atoms with E-state index < -0.39 is 0 Å². The van der Waals surface area contributed by atoms with Crippen LogP contribution in [0.1, 0.15) is 34.4 Å².